The van der Waals surface area contributed by atoms with Crippen molar-refractivity contribution in [3.8, 4) is 17.3 Å². The molecular weight excluding hydrogens is 366 g/mol. The second-order valence-corrected chi connectivity index (χ2v) is 7.14. The number of anilines is 2. The van der Waals surface area contributed by atoms with Gasteiger partial charge >= 0.3 is 0 Å². The van der Waals surface area contributed by atoms with Gasteiger partial charge in [0.2, 0.25) is 0 Å². The van der Waals surface area contributed by atoms with Gasteiger partial charge in [-0.25, -0.2) is 4.68 Å². The maximum absolute atomic E-state index is 13.2. The molecule has 29 heavy (non-hydrogen) atoms. The number of Topliss-reactive ketones (excluding diaryl/α,β-unsaturated/α-hetero) is 1. The number of ketones is 1. The van der Waals surface area contributed by atoms with Crippen LogP contribution < -0.4 is 10.9 Å². The highest BCUT2D eigenvalue weighted by atomic mass is 16.1. The molecule has 0 spiro atoms. The molecule has 1 fully saturated rings. The van der Waals surface area contributed by atoms with E-state index in [-0.39, 0.29) is 22.6 Å². The van der Waals surface area contributed by atoms with E-state index in [1.54, 1.807) is 48.8 Å². The van der Waals surface area contributed by atoms with E-state index in [0.717, 1.165) is 12.8 Å². The molecule has 0 atom stereocenters. The van der Waals surface area contributed by atoms with E-state index in [0.29, 0.717) is 35.0 Å². The van der Waals surface area contributed by atoms with Crippen LogP contribution >= 0.6 is 0 Å². The van der Waals surface area contributed by atoms with Crippen molar-refractivity contribution in [3.63, 3.8) is 0 Å². The topological polar surface area (TPSA) is 101 Å². The quantitative estimate of drug-likeness (QED) is 0.652. The summed E-state index contributed by atoms with van der Waals surface area (Å²) in [6.45, 7) is 1.94. The first kappa shape index (κ1) is 18.6. The van der Waals surface area contributed by atoms with Gasteiger partial charge in [0.15, 0.2) is 5.78 Å². The predicted octanol–water partition coefficient (Wildman–Crippen LogP) is 3.53. The number of nitrogens with one attached hydrogen (secondary N) is 1. The lowest BCUT2D eigenvalue weighted by molar-refractivity contribution is 0.101. The standard InChI is InChI=1S/C22H19N5O2/c1-14(28)19-20(17-7-9-24-10-8-17)26-27(13-15-5-6-15)22(29)21(19)25-18-4-2-3-16(11-18)12-23/h2-4,7-11,15,25H,5-6,13H2,1H3. The molecule has 1 aromatic carbocycles. The van der Waals surface area contributed by atoms with Gasteiger partial charge in [0.25, 0.3) is 5.56 Å². The van der Waals surface area contributed by atoms with Crippen molar-refractivity contribution in [2.45, 2.75) is 26.3 Å². The molecule has 0 saturated heterocycles. The van der Waals surface area contributed by atoms with Crippen LogP contribution in [0.15, 0.2) is 53.6 Å². The third-order valence-electron chi connectivity index (χ3n) is 4.85. The minimum Gasteiger partial charge on any atom is -0.350 e. The van der Waals surface area contributed by atoms with E-state index in [1.165, 1.54) is 11.6 Å². The van der Waals surface area contributed by atoms with Crippen LogP contribution in [0.3, 0.4) is 0 Å². The molecule has 4 rings (SSSR count). The van der Waals surface area contributed by atoms with Gasteiger partial charge in [0.05, 0.1) is 17.2 Å². The normalized spacial score (nSPS) is 13.0. The highest BCUT2D eigenvalue weighted by Crippen LogP contribution is 2.32. The molecule has 0 bridgehead atoms. The molecule has 7 heteroatoms. The van der Waals surface area contributed by atoms with Crippen molar-refractivity contribution in [2.75, 3.05) is 5.32 Å². The van der Waals surface area contributed by atoms with Crippen LogP contribution in [0.4, 0.5) is 11.4 Å². The van der Waals surface area contributed by atoms with Crippen molar-refractivity contribution in [1.29, 1.82) is 5.26 Å². The number of hydrogen-bond acceptors (Lipinski definition) is 6. The summed E-state index contributed by atoms with van der Waals surface area (Å²) in [7, 11) is 0. The van der Waals surface area contributed by atoms with Gasteiger partial charge in [0.1, 0.15) is 11.4 Å². The molecule has 2 heterocycles. The van der Waals surface area contributed by atoms with Gasteiger partial charge in [-0.05, 0) is 56.0 Å². The molecule has 0 aliphatic heterocycles. The molecular formula is C22H19N5O2. The summed E-state index contributed by atoms with van der Waals surface area (Å²) in [5, 5.41) is 16.8. The molecule has 0 unspecified atom stereocenters. The average molecular weight is 385 g/mol. The van der Waals surface area contributed by atoms with Crippen molar-refractivity contribution < 1.29 is 4.79 Å². The number of nitrogens with zero attached hydrogens (tertiary/aromatic N) is 4. The predicted molar refractivity (Wildman–Crippen MR) is 109 cm³/mol. The Morgan fingerprint density at radius 1 is 1.28 bits per heavy atom. The zero-order valence-corrected chi connectivity index (χ0v) is 15.9. The fourth-order valence-electron chi connectivity index (χ4n) is 3.22. The number of rotatable bonds is 6. The van der Waals surface area contributed by atoms with Gasteiger partial charge < -0.3 is 5.32 Å². The Kier molecular flexibility index (Phi) is 4.92. The minimum absolute atomic E-state index is 0.176. The third kappa shape index (κ3) is 3.92. The second-order valence-electron chi connectivity index (χ2n) is 7.14. The van der Waals surface area contributed by atoms with Crippen LogP contribution in [0.1, 0.15) is 35.7 Å². The fourth-order valence-corrected chi connectivity index (χ4v) is 3.22. The number of nitriles is 1. The summed E-state index contributed by atoms with van der Waals surface area (Å²) in [6, 6.07) is 12.4. The van der Waals surface area contributed by atoms with Gasteiger partial charge in [-0.3, -0.25) is 14.6 Å². The van der Waals surface area contributed by atoms with E-state index in [2.05, 4.69) is 21.5 Å². The van der Waals surface area contributed by atoms with Gasteiger partial charge in [-0.1, -0.05) is 6.07 Å². The second kappa shape index (κ2) is 7.68. The Balaban J connectivity index is 1.92. The largest absolute Gasteiger partial charge is 0.350 e. The minimum atomic E-state index is -0.345. The Bertz CT molecular complexity index is 1170. The Morgan fingerprint density at radius 3 is 2.69 bits per heavy atom. The first-order valence-corrected chi connectivity index (χ1v) is 9.40. The first-order valence-electron chi connectivity index (χ1n) is 9.40. The number of aromatic nitrogens is 3. The Morgan fingerprint density at radius 2 is 2.03 bits per heavy atom. The van der Waals surface area contributed by atoms with E-state index in [9.17, 15) is 9.59 Å². The van der Waals surface area contributed by atoms with E-state index < -0.39 is 0 Å². The monoisotopic (exact) mass is 385 g/mol. The van der Waals surface area contributed by atoms with E-state index >= 15 is 0 Å². The van der Waals surface area contributed by atoms with Crippen molar-refractivity contribution in [1.82, 2.24) is 14.8 Å². The zero-order valence-electron chi connectivity index (χ0n) is 15.9. The molecule has 144 valence electrons. The summed E-state index contributed by atoms with van der Waals surface area (Å²) in [4.78, 5) is 29.8. The van der Waals surface area contributed by atoms with Crippen molar-refractivity contribution >= 4 is 17.2 Å². The summed E-state index contributed by atoms with van der Waals surface area (Å²) in [5.41, 5.74) is 2.24. The number of pyridine rings is 1. The molecule has 0 amide bonds. The third-order valence-corrected chi connectivity index (χ3v) is 4.85. The van der Waals surface area contributed by atoms with Gasteiger partial charge in [-0.15, -0.1) is 0 Å². The average Bonchev–Trinajstić information content (AvgIpc) is 3.55. The van der Waals surface area contributed by atoms with Gasteiger partial charge in [0, 0.05) is 30.2 Å². The molecule has 1 N–H and O–H groups in total. The van der Waals surface area contributed by atoms with Crippen LogP contribution in [-0.2, 0) is 6.54 Å². The van der Waals surface area contributed by atoms with Crippen molar-refractivity contribution in [2.24, 2.45) is 5.92 Å². The smallest absolute Gasteiger partial charge is 0.291 e. The van der Waals surface area contributed by atoms with Crippen molar-refractivity contribution in [3.05, 3.63) is 70.3 Å². The molecule has 3 aromatic rings. The number of carbonyl (C=O) groups excluding carboxylic acids is 1. The summed E-state index contributed by atoms with van der Waals surface area (Å²) < 4.78 is 1.44. The summed E-state index contributed by atoms with van der Waals surface area (Å²) in [6.07, 6.45) is 5.39. The van der Waals surface area contributed by atoms with Crippen LogP contribution in [0.2, 0.25) is 0 Å². The number of benzene rings is 1. The zero-order chi connectivity index (χ0) is 20.4. The fraction of sp³-hybridized carbons (Fsp3) is 0.227. The highest BCUT2D eigenvalue weighted by molar-refractivity contribution is 6.05. The lowest BCUT2D eigenvalue weighted by Crippen LogP contribution is -2.29. The summed E-state index contributed by atoms with van der Waals surface area (Å²) in [5.74, 6) is 0.169. The maximum atomic E-state index is 13.2. The van der Waals surface area contributed by atoms with Crippen LogP contribution in [0.25, 0.3) is 11.3 Å². The maximum Gasteiger partial charge on any atom is 0.291 e. The number of carbonyl (C=O) groups is 1. The molecule has 7 nitrogen and oxygen atoms in total. The summed E-state index contributed by atoms with van der Waals surface area (Å²) >= 11 is 0. The van der Waals surface area contributed by atoms with Crippen LogP contribution in [-0.4, -0.2) is 20.5 Å². The molecule has 1 aliphatic carbocycles. The van der Waals surface area contributed by atoms with Crippen LogP contribution in [0, 0.1) is 17.2 Å². The van der Waals surface area contributed by atoms with E-state index in [1.807, 2.05) is 0 Å². The number of hydrogen-bond donors (Lipinski definition) is 1. The lowest BCUT2D eigenvalue weighted by Gasteiger charge is -2.16. The van der Waals surface area contributed by atoms with E-state index in [4.69, 9.17) is 5.26 Å². The Labute approximate surface area is 167 Å². The lowest BCUT2D eigenvalue weighted by atomic mass is 10.0. The van der Waals surface area contributed by atoms with Crippen LogP contribution in [0.5, 0.6) is 0 Å². The molecule has 1 saturated carbocycles. The first-order chi connectivity index (χ1) is 14.1. The van der Waals surface area contributed by atoms with Gasteiger partial charge in [-0.2, -0.15) is 10.4 Å². The Hall–Kier alpha value is -3.79. The highest BCUT2D eigenvalue weighted by Gasteiger charge is 2.27. The molecule has 0 radical (unpaired) electrons. The SMILES string of the molecule is CC(=O)c1c(-c2ccncc2)nn(CC2CC2)c(=O)c1Nc1cccc(C#N)c1. The molecule has 1 aliphatic rings. The molecule has 2 aromatic heterocycles.